The van der Waals surface area contributed by atoms with Gasteiger partial charge in [0.1, 0.15) is 5.75 Å². The number of hydrogen-bond acceptors (Lipinski definition) is 3. The average molecular weight is 207 g/mol. The second kappa shape index (κ2) is 4.64. The van der Waals surface area contributed by atoms with Crippen molar-refractivity contribution >= 4 is 0 Å². The topological polar surface area (TPSA) is 55.5 Å². The highest BCUT2D eigenvalue weighted by Crippen LogP contribution is 2.31. The molecule has 1 fully saturated rings. The third-order valence-corrected chi connectivity index (χ3v) is 2.69. The molecule has 1 unspecified atom stereocenters. The standard InChI is InChI=1S/C12H17NO2/c13-11(7-14)10-3-1-2-4-12(10)15-8-9-5-6-9/h1-4,9,11,14H,5-8,13H2. The highest BCUT2D eigenvalue weighted by Gasteiger charge is 2.22. The maximum atomic E-state index is 9.02. The summed E-state index contributed by atoms with van der Waals surface area (Å²) in [5, 5.41) is 9.02. The molecule has 2 rings (SSSR count). The summed E-state index contributed by atoms with van der Waals surface area (Å²) >= 11 is 0. The number of hydrogen-bond donors (Lipinski definition) is 2. The van der Waals surface area contributed by atoms with Crippen molar-refractivity contribution in [3.63, 3.8) is 0 Å². The molecule has 1 saturated carbocycles. The first-order valence-electron chi connectivity index (χ1n) is 5.39. The van der Waals surface area contributed by atoms with Gasteiger partial charge in [-0.1, -0.05) is 18.2 Å². The lowest BCUT2D eigenvalue weighted by Crippen LogP contribution is -2.16. The van der Waals surface area contributed by atoms with Gasteiger partial charge < -0.3 is 15.6 Å². The van der Waals surface area contributed by atoms with Gasteiger partial charge in [-0.05, 0) is 24.8 Å². The molecule has 1 aromatic rings. The van der Waals surface area contributed by atoms with E-state index in [0.29, 0.717) is 0 Å². The lowest BCUT2D eigenvalue weighted by Gasteiger charge is -2.14. The summed E-state index contributed by atoms with van der Waals surface area (Å²) in [7, 11) is 0. The van der Waals surface area contributed by atoms with E-state index in [1.807, 2.05) is 24.3 Å². The van der Waals surface area contributed by atoms with Crippen molar-refractivity contribution in [1.82, 2.24) is 0 Å². The van der Waals surface area contributed by atoms with Crippen LogP contribution in [-0.4, -0.2) is 18.3 Å². The van der Waals surface area contributed by atoms with E-state index in [2.05, 4.69) is 0 Å². The van der Waals surface area contributed by atoms with Crippen molar-refractivity contribution < 1.29 is 9.84 Å². The Morgan fingerprint density at radius 3 is 2.80 bits per heavy atom. The lowest BCUT2D eigenvalue weighted by atomic mass is 10.1. The van der Waals surface area contributed by atoms with Crippen LogP contribution in [0.1, 0.15) is 24.4 Å². The zero-order valence-electron chi connectivity index (χ0n) is 8.73. The van der Waals surface area contributed by atoms with Gasteiger partial charge in [0, 0.05) is 5.56 Å². The third-order valence-electron chi connectivity index (χ3n) is 2.69. The Morgan fingerprint density at radius 2 is 2.13 bits per heavy atom. The minimum atomic E-state index is -0.347. The molecule has 0 spiro atoms. The number of rotatable bonds is 5. The monoisotopic (exact) mass is 207 g/mol. The number of aliphatic hydroxyl groups excluding tert-OH is 1. The summed E-state index contributed by atoms with van der Waals surface area (Å²) in [6, 6.07) is 7.31. The van der Waals surface area contributed by atoms with Crippen LogP contribution in [0.15, 0.2) is 24.3 Å². The van der Waals surface area contributed by atoms with Crippen molar-refractivity contribution in [2.45, 2.75) is 18.9 Å². The Morgan fingerprint density at radius 1 is 1.40 bits per heavy atom. The average Bonchev–Trinajstić information content (AvgIpc) is 3.09. The maximum Gasteiger partial charge on any atom is 0.124 e. The molecule has 0 aliphatic heterocycles. The molecule has 3 nitrogen and oxygen atoms in total. The van der Waals surface area contributed by atoms with Crippen LogP contribution in [0.4, 0.5) is 0 Å². The molecule has 3 heteroatoms. The Bertz CT molecular complexity index is 323. The van der Waals surface area contributed by atoms with Crippen LogP contribution in [0.25, 0.3) is 0 Å². The first kappa shape index (κ1) is 10.5. The van der Waals surface area contributed by atoms with Gasteiger partial charge in [0.05, 0.1) is 19.3 Å². The Kier molecular flexibility index (Phi) is 3.23. The summed E-state index contributed by atoms with van der Waals surface area (Å²) in [5.41, 5.74) is 6.68. The Balaban J connectivity index is 2.05. The minimum Gasteiger partial charge on any atom is -0.493 e. The number of para-hydroxylation sites is 1. The maximum absolute atomic E-state index is 9.02. The van der Waals surface area contributed by atoms with Crippen molar-refractivity contribution in [2.75, 3.05) is 13.2 Å². The van der Waals surface area contributed by atoms with E-state index in [1.165, 1.54) is 12.8 Å². The van der Waals surface area contributed by atoms with Gasteiger partial charge >= 0.3 is 0 Å². The molecule has 0 bridgehead atoms. The molecule has 1 aliphatic carbocycles. The highest BCUT2D eigenvalue weighted by atomic mass is 16.5. The quantitative estimate of drug-likeness (QED) is 0.768. The number of benzene rings is 1. The summed E-state index contributed by atoms with van der Waals surface area (Å²) in [4.78, 5) is 0. The van der Waals surface area contributed by atoms with Crippen LogP contribution < -0.4 is 10.5 Å². The van der Waals surface area contributed by atoms with Crippen molar-refractivity contribution in [2.24, 2.45) is 11.7 Å². The first-order chi connectivity index (χ1) is 7.31. The van der Waals surface area contributed by atoms with Crippen LogP contribution >= 0.6 is 0 Å². The van der Waals surface area contributed by atoms with E-state index < -0.39 is 0 Å². The number of ether oxygens (including phenoxy) is 1. The lowest BCUT2D eigenvalue weighted by molar-refractivity contribution is 0.257. The molecule has 0 aromatic heterocycles. The SMILES string of the molecule is NC(CO)c1ccccc1OCC1CC1. The predicted molar refractivity (Wildman–Crippen MR) is 58.7 cm³/mol. The zero-order chi connectivity index (χ0) is 10.7. The van der Waals surface area contributed by atoms with Gasteiger partial charge in [-0.25, -0.2) is 0 Å². The van der Waals surface area contributed by atoms with Crippen LogP contribution in [0.2, 0.25) is 0 Å². The van der Waals surface area contributed by atoms with Crippen LogP contribution in [0.3, 0.4) is 0 Å². The molecular formula is C12H17NO2. The molecule has 1 aliphatic rings. The molecule has 82 valence electrons. The van der Waals surface area contributed by atoms with Gasteiger partial charge in [-0.15, -0.1) is 0 Å². The molecular weight excluding hydrogens is 190 g/mol. The van der Waals surface area contributed by atoms with Crippen LogP contribution in [0, 0.1) is 5.92 Å². The summed E-state index contributed by atoms with van der Waals surface area (Å²) in [6.45, 7) is 0.721. The zero-order valence-corrected chi connectivity index (χ0v) is 8.73. The van der Waals surface area contributed by atoms with Gasteiger partial charge in [0.2, 0.25) is 0 Å². The minimum absolute atomic E-state index is 0.0518. The largest absolute Gasteiger partial charge is 0.493 e. The molecule has 0 radical (unpaired) electrons. The second-order valence-corrected chi connectivity index (χ2v) is 4.08. The normalized spacial score (nSPS) is 17.5. The number of nitrogens with two attached hydrogens (primary N) is 1. The molecule has 0 heterocycles. The fraction of sp³-hybridized carbons (Fsp3) is 0.500. The van der Waals surface area contributed by atoms with Gasteiger partial charge in [0.15, 0.2) is 0 Å². The van der Waals surface area contributed by atoms with Crippen molar-refractivity contribution in [3.8, 4) is 5.75 Å². The summed E-state index contributed by atoms with van der Waals surface area (Å²) in [5.74, 6) is 1.54. The fourth-order valence-corrected chi connectivity index (χ4v) is 1.51. The molecule has 3 N–H and O–H groups in total. The van der Waals surface area contributed by atoms with E-state index >= 15 is 0 Å². The molecule has 15 heavy (non-hydrogen) atoms. The summed E-state index contributed by atoms with van der Waals surface area (Å²) in [6.07, 6.45) is 2.54. The number of aliphatic hydroxyl groups is 1. The Labute approximate surface area is 89.9 Å². The third kappa shape index (κ3) is 2.70. The second-order valence-electron chi connectivity index (χ2n) is 4.08. The van der Waals surface area contributed by atoms with E-state index in [9.17, 15) is 0 Å². The van der Waals surface area contributed by atoms with Crippen molar-refractivity contribution in [3.05, 3.63) is 29.8 Å². The van der Waals surface area contributed by atoms with E-state index in [-0.39, 0.29) is 12.6 Å². The molecule has 1 aromatic carbocycles. The van der Waals surface area contributed by atoms with Gasteiger partial charge in [0.25, 0.3) is 0 Å². The van der Waals surface area contributed by atoms with E-state index in [0.717, 1.165) is 23.8 Å². The highest BCUT2D eigenvalue weighted by molar-refractivity contribution is 5.35. The first-order valence-corrected chi connectivity index (χ1v) is 5.39. The molecule has 1 atom stereocenters. The fourth-order valence-electron chi connectivity index (χ4n) is 1.51. The van der Waals surface area contributed by atoms with Crippen LogP contribution in [0.5, 0.6) is 5.75 Å². The van der Waals surface area contributed by atoms with Crippen molar-refractivity contribution in [1.29, 1.82) is 0 Å². The summed E-state index contributed by atoms with van der Waals surface area (Å²) < 4.78 is 5.69. The van der Waals surface area contributed by atoms with Gasteiger partial charge in [-0.3, -0.25) is 0 Å². The smallest absolute Gasteiger partial charge is 0.124 e. The van der Waals surface area contributed by atoms with E-state index in [1.54, 1.807) is 0 Å². The molecule has 0 saturated heterocycles. The van der Waals surface area contributed by atoms with Gasteiger partial charge in [-0.2, -0.15) is 0 Å². The van der Waals surface area contributed by atoms with E-state index in [4.69, 9.17) is 15.6 Å². The molecule has 0 amide bonds. The van der Waals surface area contributed by atoms with Crippen LogP contribution in [-0.2, 0) is 0 Å². The predicted octanol–water partition coefficient (Wildman–Crippen LogP) is 1.47. The Hall–Kier alpha value is -1.06.